The first-order valence-electron chi connectivity index (χ1n) is 5.20. The molecule has 1 atom stereocenters. The first kappa shape index (κ1) is 10.7. The summed E-state index contributed by atoms with van der Waals surface area (Å²) in [6.07, 6.45) is 0.355. The Bertz CT molecular complexity index is 441. The lowest BCUT2D eigenvalue weighted by molar-refractivity contribution is -0.128. The highest BCUT2D eigenvalue weighted by Gasteiger charge is 2.35. The third kappa shape index (κ3) is 1.66. The van der Waals surface area contributed by atoms with Crippen molar-refractivity contribution in [1.82, 2.24) is 4.90 Å². The van der Waals surface area contributed by atoms with Gasteiger partial charge in [0, 0.05) is 7.05 Å². The third-order valence-electron chi connectivity index (χ3n) is 2.97. The summed E-state index contributed by atoms with van der Waals surface area (Å²) in [4.78, 5) is 17.6. The highest BCUT2D eigenvalue weighted by atomic mass is 16.2. The molecule has 1 aromatic rings. The van der Waals surface area contributed by atoms with E-state index in [4.69, 9.17) is 5.73 Å². The number of rotatable bonds is 1. The van der Waals surface area contributed by atoms with E-state index in [1.165, 1.54) is 4.90 Å². The van der Waals surface area contributed by atoms with E-state index in [1.54, 1.807) is 7.05 Å². The number of hydrogen-bond acceptors (Lipinski definition) is 3. The van der Waals surface area contributed by atoms with Gasteiger partial charge in [-0.05, 0) is 12.5 Å². The summed E-state index contributed by atoms with van der Waals surface area (Å²) < 4.78 is 0. The molecule has 2 rings (SSSR count). The van der Waals surface area contributed by atoms with Crippen molar-refractivity contribution in [3.05, 3.63) is 35.9 Å². The van der Waals surface area contributed by atoms with E-state index in [1.807, 2.05) is 37.3 Å². The van der Waals surface area contributed by atoms with E-state index < -0.39 is 5.54 Å². The second-order valence-electron chi connectivity index (χ2n) is 4.24. The van der Waals surface area contributed by atoms with Gasteiger partial charge in [0.05, 0.1) is 12.0 Å². The minimum atomic E-state index is -0.533. The molecule has 16 heavy (non-hydrogen) atoms. The quantitative estimate of drug-likeness (QED) is 0.765. The zero-order valence-electron chi connectivity index (χ0n) is 9.47. The molecule has 1 aromatic carbocycles. The molecule has 1 aliphatic heterocycles. The number of hydrogen-bond donors (Lipinski definition) is 1. The highest BCUT2D eigenvalue weighted by molar-refractivity contribution is 5.98. The van der Waals surface area contributed by atoms with E-state index in [9.17, 15) is 4.79 Å². The third-order valence-corrected chi connectivity index (χ3v) is 2.97. The second-order valence-corrected chi connectivity index (χ2v) is 4.24. The number of carbonyl (C=O) groups is 1. The van der Waals surface area contributed by atoms with Crippen LogP contribution in [-0.4, -0.2) is 23.8 Å². The van der Waals surface area contributed by atoms with Crippen LogP contribution in [0.25, 0.3) is 0 Å². The fourth-order valence-corrected chi connectivity index (χ4v) is 1.87. The Morgan fingerprint density at radius 2 is 2.00 bits per heavy atom. The Kier molecular flexibility index (Phi) is 2.42. The van der Waals surface area contributed by atoms with Gasteiger partial charge in [-0.1, -0.05) is 30.3 Å². The van der Waals surface area contributed by atoms with Crippen LogP contribution in [0.1, 0.15) is 18.9 Å². The number of carbonyl (C=O) groups excluding carboxylic acids is 1. The van der Waals surface area contributed by atoms with Gasteiger partial charge in [0.2, 0.25) is 5.91 Å². The molecule has 0 saturated heterocycles. The fourth-order valence-electron chi connectivity index (χ4n) is 1.87. The molecule has 0 aromatic heterocycles. The van der Waals surface area contributed by atoms with Crippen molar-refractivity contribution >= 4 is 11.9 Å². The Morgan fingerprint density at radius 1 is 1.38 bits per heavy atom. The van der Waals surface area contributed by atoms with Gasteiger partial charge in [0.25, 0.3) is 0 Å². The minimum Gasteiger partial charge on any atom is -0.369 e. The Balaban J connectivity index is 2.44. The smallest absolute Gasteiger partial charge is 0.231 e. The number of guanidine groups is 1. The summed E-state index contributed by atoms with van der Waals surface area (Å²) >= 11 is 0. The van der Waals surface area contributed by atoms with Crippen LogP contribution in [-0.2, 0) is 10.3 Å². The van der Waals surface area contributed by atoms with Gasteiger partial charge in [0.1, 0.15) is 0 Å². The molecule has 4 heteroatoms. The summed E-state index contributed by atoms with van der Waals surface area (Å²) in [7, 11) is 1.64. The van der Waals surface area contributed by atoms with E-state index in [0.717, 1.165) is 5.56 Å². The van der Waals surface area contributed by atoms with E-state index in [0.29, 0.717) is 6.42 Å². The van der Waals surface area contributed by atoms with Gasteiger partial charge in [0.15, 0.2) is 5.96 Å². The monoisotopic (exact) mass is 217 g/mol. The molecule has 0 radical (unpaired) electrons. The number of nitrogens with zero attached hydrogens (tertiary/aromatic N) is 2. The number of amides is 1. The van der Waals surface area contributed by atoms with Crippen molar-refractivity contribution in [2.45, 2.75) is 18.9 Å². The number of benzene rings is 1. The molecular formula is C12H15N3O. The van der Waals surface area contributed by atoms with Gasteiger partial charge in [-0.15, -0.1) is 0 Å². The molecule has 0 fully saturated rings. The lowest BCUT2D eigenvalue weighted by atomic mass is 9.88. The van der Waals surface area contributed by atoms with Gasteiger partial charge in [-0.3, -0.25) is 9.69 Å². The van der Waals surface area contributed by atoms with Crippen molar-refractivity contribution < 1.29 is 4.79 Å². The van der Waals surface area contributed by atoms with Crippen LogP contribution >= 0.6 is 0 Å². The normalized spacial score (nSPS) is 25.5. The molecule has 1 aliphatic rings. The Labute approximate surface area is 94.8 Å². The maximum absolute atomic E-state index is 11.8. The summed E-state index contributed by atoms with van der Waals surface area (Å²) in [5, 5.41) is 0. The van der Waals surface area contributed by atoms with Crippen molar-refractivity contribution in [2.75, 3.05) is 7.05 Å². The first-order valence-corrected chi connectivity index (χ1v) is 5.20. The Hall–Kier alpha value is -1.84. The molecule has 0 unspecified atom stereocenters. The topological polar surface area (TPSA) is 58.7 Å². The van der Waals surface area contributed by atoms with Crippen LogP contribution in [0, 0.1) is 0 Å². The molecule has 1 amide bonds. The highest BCUT2D eigenvalue weighted by Crippen LogP contribution is 2.32. The van der Waals surface area contributed by atoms with Gasteiger partial charge in [-0.25, -0.2) is 4.99 Å². The van der Waals surface area contributed by atoms with E-state index in [2.05, 4.69) is 4.99 Å². The minimum absolute atomic E-state index is 0.00106. The number of nitrogens with two attached hydrogens (primary N) is 1. The fraction of sp³-hybridized carbons (Fsp3) is 0.333. The van der Waals surface area contributed by atoms with Crippen molar-refractivity contribution in [3.8, 4) is 0 Å². The lowest BCUT2D eigenvalue weighted by Crippen LogP contribution is -2.47. The summed E-state index contributed by atoms with van der Waals surface area (Å²) in [5.74, 6) is 0.279. The van der Waals surface area contributed by atoms with Crippen LogP contribution in [0.4, 0.5) is 0 Å². The maximum atomic E-state index is 11.8. The van der Waals surface area contributed by atoms with Crippen molar-refractivity contribution in [3.63, 3.8) is 0 Å². The van der Waals surface area contributed by atoms with Gasteiger partial charge >= 0.3 is 0 Å². The largest absolute Gasteiger partial charge is 0.369 e. The maximum Gasteiger partial charge on any atom is 0.231 e. The Morgan fingerprint density at radius 3 is 2.56 bits per heavy atom. The lowest BCUT2D eigenvalue weighted by Gasteiger charge is -2.33. The molecule has 84 valence electrons. The van der Waals surface area contributed by atoms with E-state index >= 15 is 0 Å². The number of aliphatic imine (C=N–C) groups is 1. The van der Waals surface area contributed by atoms with Gasteiger partial charge < -0.3 is 5.73 Å². The molecule has 0 bridgehead atoms. The predicted molar refractivity (Wildman–Crippen MR) is 62.8 cm³/mol. The summed E-state index contributed by atoms with van der Waals surface area (Å²) in [6, 6.07) is 9.76. The van der Waals surface area contributed by atoms with Crippen LogP contribution in [0.5, 0.6) is 0 Å². The van der Waals surface area contributed by atoms with Crippen molar-refractivity contribution in [1.29, 1.82) is 0 Å². The molecular weight excluding hydrogens is 202 g/mol. The SMILES string of the molecule is CN1C(=O)C[C@@](C)(c2ccccc2)N=C1N. The zero-order valence-corrected chi connectivity index (χ0v) is 9.47. The van der Waals surface area contributed by atoms with Crippen molar-refractivity contribution in [2.24, 2.45) is 10.7 Å². The molecule has 0 saturated carbocycles. The molecule has 1 heterocycles. The van der Waals surface area contributed by atoms with Crippen LogP contribution in [0.15, 0.2) is 35.3 Å². The predicted octanol–water partition coefficient (Wildman–Crippen LogP) is 1.08. The van der Waals surface area contributed by atoms with Gasteiger partial charge in [-0.2, -0.15) is 0 Å². The summed E-state index contributed by atoms with van der Waals surface area (Å²) in [5.41, 5.74) is 6.22. The zero-order chi connectivity index (χ0) is 11.8. The first-order chi connectivity index (χ1) is 7.53. The standard InChI is InChI=1S/C12H15N3O/c1-12(9-6-4-3-5-7-9)8-10(16)15(2)11(13)14-12/h3-7H,8H2,1-2H3,(H2,13,14)/t12-/m0/s1. The molecule has 0 spiro atoms. The molecule has 0 aliphatic carbocycles. The average molecular weight is 217 g/mol. The molecule has 2 N–H and O–H groups in total. The van der Waals surface area contributed by atoms with Crippen LogP contribution in [0.2, 0.25) is 0 Å². The average Bonchev–Trinajstić information content (AvgIpc) is 2.27. The van der Waals surface area contributed by atoms with E-state index in [-0.39, 0.29) is 11.9 Å². The van der Waals surface area contributed by atoms with Crippen LogP contribution < -0.4 is 5.73 Å². The van der Waals surface area contributed by atoms with Crippen LogP contribution in [0.3, 0.4) is 0 Å². The second kappa shape index (κ2) is 3.63. The molecule has 4 nitrogen and oxygen atoms in total. The summed E-state index contributed by atoms with van der Waals surface area (Å²) in [6.45, 7) is 1.93.